The van der Waals surface area contributed by atoms with Crippen LogP contribution in [0.25, 0.3) is 0 Å². The third kappa shape index (κ3) is 3.07. The minimum Gasteiger partial charge on any atom is -0.305 e. The first kappa shape index (κ1) is 18.3. The zero-order valence-electron chi connectivity index (χ0n) is 15.0. The van der Waals surface area contributed by atoms with Gasteiger partial charge in [-0.2, -0.15) is 0 Å². The lowest BCUT2D eigenvalue weighted by Crippen LogP contribution is -2.57. The highest BCUT2D eigenvalue weighted by atomic mass is 35.5. The van der Waals surface area contributed by atoms with E-state index in [0.717, 1.165) is 22.7 Å². The molecule has 2 atom stereocenters. The summed E-state index contributed by atoms with van der Waals surface area (Å²) in [6.07, 6.45) is 0.800. The van der Waals surface area contributed by atoms with Gasteiger partial charge in [0.25, 0.3) is 0 Å². The largest absolute Gasteiger partial charge is 0.305 e. The van der Waals surface area contributed by atoms with Crippen LogP contribution >= 0.6 is 23.2 Å². The van der Waals surface area contributed by atoms with Gasteiger partial charge in [0.1, 0.15) is 5.38 Å². The Morgan fingerprint density at radius 2 is 1.68 bits per heavy atom. The quantitative estimate of drug-likeness (QED) is 0.608. The van der Waals surface area contributed by atoms with E-state index in [1.165, 1.54) is 5.56 Å². The SMILES string of the molecule is C[C@H](Cl)C(=O)N1c2ccccc2[C@](C)(c2ccc(Cl)cc2)CC1(C)C. The fraction of sp³-hybridized carbons (Fsp3) is 0.381. The summed E-state index contributed by atoms with van der Waals surface area (Å²) < 4.78 is 0. The number of fused-ring (bicyclic) bond motifs is 1. The zero-order valence-corrected chi connectivity index (χ0v) is 16.5. The molecule has 3 rings (SSSR count). The van der Waals surface area contributed by atoms with Crippen LogP contribution in [0, 0.1) is 0 Å². The molecule has 0 unspecified atom stereocenters. The third-order valence-electron chi connectivity index (χ3n) is 5.17. The molecule has 0 spiro atoms. The van der Waals surface area contributed by atoms with Gasteiger partial charge >= 0.3 is 0 Å². The van der Waals surface area contributed by atoms with Crippen LogP contribution in [0.2, 0.25) is 5.02 Å². The molecule has 0 saturated heterocycles. The van der Waals surface area contributed by atoms with Crippen molar-refractivity contribution in [1.29, 1.82) is 0 Å². The average molecular weight is 376 g/mol. The number of benzene rings is 2. The Balaban J connectivity index is 2.22. The normalized spacial score (nSPS) is 23.0. The van der Waals surface area contributed by atoms with Crippen LogP contribution in [-0.2, 0) is 10.2 Å². The van der Waals surface area contributed by atoms with Gasteiger partial charge in [-0.25, -0.2) is 0 Å². The molecule has 0 fully saturated rings. The Kier molecular flexibility index (Phi) is 4.63. The summed E-state index contributed by atoms with van der Waals surface area (Å²) in [5, 5.41) is 0.163. The smallest absolute Gasteiger partial charge is 0.245 e. The molecule has 1 heterocycles. The zero-order chi connectivity index (χ0) is 18.4. The summed E-state index contributed by atoms with van der Waals surface area (Å²) in [4.78, 5) is 14.7. The van der Waals surface area contributed by atoms with Crippen LogP contribution in [0.3, 0.4) is 0 Å². The van der Waals surface area contributed by atoms with Gasteiger partial charge in [0.05, 0.1) is 0 Å². The third-order valence-corrected chi connectivity index (χ3v) is 5.61. The second kappa shape index (κ2) is 6.34. The van der Waals surface area contributed by atoms with Crippen molar-refractivity contribution < 1.29 is 4.79 Å². The predicted molar refractivity (Wildman–Crippen MR) is 106 cm³/mol. The van der Waals surface area contributed by atoms with Gasteiger partial charge in [-0.1, -0.05) is 48.9 Å². The standard InChI is InChI=1S/C21H23Cl2NO/c1-14(22)19(25)24-18-8-6-5-7-17(18)21(4,13-20(24,2)3)15-9-11-16(23)12-10-15/h5-12,14H,13H2,1-4H3/t14-,21-/m0/s1. The van der Waals surface area contributed by atoms with E-state index in [2.05, 4.69) is 39.0 Å². The molecule has 0 bridgehead atoms. The molecule has 2 nitrogen and oxygen atoms in total. The Morgan fingerprint density at radius 3 is 2.28 bits per heavy atom. The van der Waals surface area contributed by atoms with Crippen LogP contribution in [0.15, 0.2) is 48.5 Å². The molecule has 0 radical (unpaired) electrons. The molecule has 0 aliphatic carbocycles. The van der Waals surface area contributed by atoms with E-state index < -0.39 is 5.38 Å². The molecule has 2 aromatic rings. The lowest BCUT2D eigenvalue weighted by molar-refractivity contribution is -0.119. The van der Waals surface area contributed by atoms with Crippen molar-refractivity contribution in [3.8, 4) is 0 Å². The molecular weight excluding hydrogens is 353 g/mol. The first-order valence-corrected chi connectivity index (χ1v) is 9.32. The lowest BCUT2D eigenvalue weighted by Gasteiger charge is -2.51. The Hall–Kier alpha value is -1.51. The summed E-state index contributed by atoms with van der Waals surface area (Å²) in [5.74, 6) is -0.0581. The van der Waals surface area contributed by atoms with Crippen LogP contribution in [0.4, 0.5) is 5.69 Å². The van der Waals surface area contributed by atoms with Crippen molar-refractivity contribution >= 4 is 34.8 Å². The van der Waals surface area contributed by atoms with E-state index in [0.29, 0.717) is 0 Å². The van der Waals surface area contributed by atoms with Gasteiger partial charge in [0, 0.05) is 21.7 Å². The number of amides is 1. The summed E-state index contributed by atoms with van der Waals surface area (Å²) in [7, 11) is 0. The highest BCUT2D eigenvalue weighted by Crippen LogP contribution is 2.50. The van der Waals surface area contributed by atoms with Crippen LogP contribution in [0.5, 0.6) is 0 Å². The highest BCUT2D eigenvalue weighted by molar-refractivity contribution is 6.32. The number of carbonyl (C=O) groups excluding carboxylic acids is 1. The second-order valence-corrected chi connectivity index (χ2v) is 8.73. The summed E-state index contributed by atoms with van der Waals surface area (Å²) in [5.41, 5.74) is 2.71. The maximum atomic E-state index is 12.8. The van der Waals surface area contributed by atoms with Crippen molar-refractivity contribution in [1.82, 2.24) is 0 Å². The highest BCUT2D eigenvalue weighted by Gasteiger charge is 2.48. The fourth-order valence-electron chi connectivity index (χ4n) is 4.17. The molecule has 1 aliphatic rings. The van der Waals surface area contributed by atoms with E-state index in [-0.39, 0.29) is 16.9 Å². The molecule has 4 heteroatoms. The average Bonchev–Trinajstić information content (AvgIpc) is 2.54. The molecule has 1 aliphatic heterocycles. The van der Waals surface area contributed by atoms with Crippen molar-refractivity contribution in [3.05, 3.63) is 64.7 Å². The molecule has 0 N–H and O–H groups in total. The number of rotatable bonds is 2. The van der Waals surface area contributed by atoms with Crippen LogP contribution in [0.1, 0.15) is 45.2 Å². The Labute approximate surface area is 159 Å². The number of halogens is 2. The number of carbonyl (C=O) groups is 1. The summed E-state index contributed by atoms with van der Waals surface area (Å²) >= 11 is 12.2. The van der Waals surface area contributed by atoms with E-state index in [4.69, 9.17) is 23.2 Å². The van der Waals surface area contributed by atoms with E-state index in [1.807, 2.05) is 35.2 Å². The van der Waals surface area contributed by atoms with Gasteiger partial charge in [0.15, 0.2) is 0 Å². The molecule has 0 aromatic heterocycles. The first-order chi connectivity index (χ1) is 11.7. The van der Waals surface area contributed by atoms with Crippen LogP contribution < -0.4 is 4.90 Å². The fourth-order valence-corrected chi connectivity index (χ4v) is 4.39. The monoisotopic (exact) mass is 375 g/mol. The van der Waals surface area contributed by atoms with Gasteiger partial charge in [-0.3, -0.25) is 4.79 Å². The molecule has 2 aromatic carbocycles. The van der Waals surface area contributed by atoms with E-state index >= 15 is 0 Å². The van der Waals surface area contributed by atoms with Gasteiger partial charge in [0.2, 0.25) is 5.91 Å². The number of hydrogen-bond donors (Lipinski definition) is 0. The van der Waals surface area contributed by atoms with Crippen molar-refractivity contribution in [2.24, 2.45) is 0 Å². The van der Waals surface area contributed by atoms with Crippen molar-refractivity contribution in [3.63, 3.8) is 0 Å². The first-order valence-electron chi connectivity index (χ1n) is 8.50. The number of nitrogens with zero attached hydrogens (tertiary/aromatic N) is 1. The van der Waals surface area contributed by atoms with Crippen molar-refractivity contribution in [2.45, 2.75) is 50.4 Å². The maximum Gasteiger partial charge on any atom is 0.245 e. The minimum atomic E-state index is -0.563. The minimum absolute atomic E-state index is 0.0581. The van der Waals surface area contributed by atoms with Gasteiger partial charge < -0.3 is 4.90 Å². The molecule has 132 valence electrons. The predicted octanol–water partition coefficient (Wildman–Crippen LogP) is 5.79. The lowest BCUT2D eigenvalue weighted by atomic mass is 9.65. The Morgan fingerprint density at radius 1 is 1.08 bits per heavy atom. The number of hydrogen-bond acceptors (Lipinski definition) is 1. The number of anilines is 1. The topological polar surface area (TPSA) is 20.3 Å². The number of para-hydroxylation sites is 1. The summed E-state index contributed by atoms with van der Waals surface area (Å²) in [6.45, 7) is 8.18. The summed E-state index contributed by atoms with van der Waals surface area (Å²) in [6, 6.07) is 16.1. The Bertz CT molecular complexity index is 798. The van der Waals surface area contributed by atoms with E-state index in [1.54, 1.807) is 6.92 Å². The van der Waals surface area contributed by atoms with Crippen molar-refractivity contribution in [2.75, 3.05) is 4.90 Å². The molecular formula is C21H23Cl2NO. The van der Waals surface area contributed by atoms with E-state index in [9.17, 15) is 4.79 Å². The maximum absolute atomic E-state index is 12.8. The van der Waals surface area contributed by atoms with Crippen LogP contribution in [-0.4, -0.2) is 16.8 Å². The second-order valence-electron chi connectivity index (χ2n) is 7.64. The molecule has 25 heavy (non-hydrogen) atoms. The molecule has 1 amide bonds. The van der Waals surface area contributed by atoms with Gasteiger partial charge in [-0.05, 0) is 56.5 Å². The molecule has 0 saturated carbocycles. The van der Waals surface area contributed by atoms with Gasteiger partial charge in [-0.15, -0.1) is 11.6 Å². The number of alkyl halides is 1.